The molecule has 1 aromatic heterocycles. The SMILES string of the molecule is CC(N)c1ccnc(C(F)(F)F)c1F. The second-order valence-corrected chi connectivity index (χ2v) is 2.85. The van der Waals surface area contributed by atoms with Crippen molar-refractivity contribution in [2.75, 3.05) is 0 Å². The summed E-state index contributed by atoms with van der Waals surface area (Å²) in [4.78, 5) is 2.94. The van der Waals surface area contributed by atoms with Gasteiger partial charge in [-0.1, -0.05) is 0 Å². The second-order valence-electron chi connectivity index (χ2n) is 2.85. The molecule has 0 fully saturated rings. The predicted molar refractivity (Wildman–Crippen MR) is 41.8 cm³/mol. The van der Waals surface area contributed by atoms with E-state index in [0.717, 1.165) is 12.3 Å². The van der Waals surface area contributed by atoms with E-state index in [1.165, 1.54) is 6.92 Å². The van der Waals surface area contributed by atoms with E-state index in [0.29, 0.717) is 0 Å². The Morgan fingerprint density at radius 1 is 1.43 bits per heavy atom. The molecule has 14 heavy (non-hydrogen) atoms. The fraction of sp³-hybridized carbons (Fsp3) is 0.375. The first-order valence-corrected chi connectivity index (χ1v) is 3.81. The summed E-state index contributed by atoms with van der Waals surface area (Å²) in [6, 6.07) is 0.342. The molecule has 0 saturated heterocycles. The Hall–Kier alpha value is -1.17. The molecule has 78 valence electrons. The van der Waals surface area contributed by atoms with Gasteiger partial charge in [0, 0.05) is 17.8 Å². The summed E-state index contributed by atoms with van der Waals surface area (Å²) in [5.41, 5.74) is 3.58. The first-order chi connectivity index (χ1) is 6.34. The first kappa shape index (κ1) is 10.9. The molecular weight excluding hydrogens is 200 g/mol. The third-order valence-electron chi connectivity index (χ3n) is 1.68. The van der Waals surface area contributed by atoms with Gasteiger partial charge in [0.15, 0.2) is 11.5 Å². The average molecular weight is 208 g/mol. The summed E-state index contributed by atoms with van der Waals surface area (Å²) in [6.45, 7) is 1.40. The largest absolute Gasteiger partial charge is 0.436 e. The lowest BCUT2D eigenvalue weighted by molar-refractivity contribution is -0.143. The molecule has 2 N–H and O–H groups in total. The van der Waals surface area contributed by atoms with Crippen molar-refractivity contribution in [2.24, 2.45) is 5.73 Å². The van der Waals surface area contributed by atoms with Crippen molar-refractivity contribution >= 4 is 0 Å². The summed E-state index contributed by atoms with van der Waals surface area (Å²) >= 11 is 0. The number of pyridine rings is 1. The van der Waals surface area contributed by atoms with Crippen molar-refractivity contribution in [2.45, 2.75) is 19.1 Å². The van der Waals surface area contributed by atoms with E-state index in [9.17, 15) is 17.6 Å². The summed E-state index contributed by atoms with van der Waals surface area (Å²) in [7, 11) is 0. The number of alkyl halides is 3. The van der Waals surface area contributed by atoms with Crippen LogP contribution in [0.2, 0.25) is 0 Å². The average Bonchev–Trinajstić information content (AvgIpc) is 2.01. The van der Waals surface area contributed by atoms with Gasteiger partial charge in [0.1, 0.15) is 0 Å². The number of rotatable bonds is 1. The summed E-state index contributed by atoms with van der Waals surface area (Å²) in [6.07, 6.45) is -3.89. The van der Waals surface area contributed by atoms with Crippen molar-refractivity contribution in [3.63, 3.8) is 0 Å². The molecule has 0 aliphatic carbocycles. The molecule has 1 rings (SSSR count). The van der Waals surface area contributed by atoms with Crippen molar-refractivity contribution in [3.05, 3.63) is 29.3 Å². The molecule has 0 amide bonds. The van der Waals surface area contributed by atoms with Gasteiger partial charge in [0.05, 0.1) is 0 Å². The van der Waals surface area contributed by atoms with E-state index in [-0.39, 0.29) is 5.56 Å². The van der Waals surface area contributed by atoms with Crippen LogP contribution in [-0.4, -0.2) is 4.98 Å². The molecule has 1 unspecified atom stereocenters. The molecule has 0 aromatic carbocycles. The molecule has 6 heteroatoms. The van der Waals surface area contributed by atoms with Crippen molar-refractivity contribution in [1.82, 2.24) is 4.98 Å². The minimum Gasteiger partial charge on any atom is -0.324 e. The zero-order valence-electron chi connectivity index (χ0n) is 7.27. The van der Waals surface area contributed by atoms with Crippen LogP contribution in [0.4, 0.5) is 17.6 Å². The van der Waals surface area contributed by atoms with Gasteiger partial charge < -0.3 is 5.73 Å². The van der Waals surface area contributed by atoms with Crippen LogP contribution in [0.3, 0.4) is 0 Å². The van der Waals surface area contributed by atoms with Crippen LogP contribution in [0.1, 0.15) is 24.2 Å². The predicted octanol–water partition coefficient (Wildman–Crippen LogP) is 2.26. The topological polar surface area (TPSA) is 38.9 Å². The monoisotopic (exact) mass is 208 g/mol. The molecule has 1 aromatic rings. The standard InChI is InChI=1S/C8H8F4N2/c1-4(13)5-2-3-14-7(6(5)9)8(10,11)12/h2-4H,13H2,1H3. The maximum atomic E-state index is 13.2. The van der Waals surface area contributed by atoms with E-state index in [2.05, 4.69) is 4.98 Å². The minimum absolute atomic E-state index is 0.188. The molecule has 2 nitrogen and oxygen atoms in total. The van der Waals surface area contributed by atoms with Crippen molar-refractivity contribution in [3.8, 4) is 0 Å². The van der Waals surface area contributed by atoms with Gasteiger partial charge in [-0.25, -0.2) is 9.37 Å². The maximum absolute atomic E-state index is 13.2. The number of nitrogens with two attached hydrogens (primary N) is 1. The van der Waals surface area contributed by atoms with Crippen LogP contribution < -0.4 is 5.73 Å². The third kappa shape index (κ3) is 2.01. The lowest BCUT2D eigenvalue weighted by Crippen LogP contribution is -2.16. The summed E-state index contributed by atoms with van der Waals surface area (Å²) < 4.78 is 49.6. The molecule has 0 saturated carbocycles. The fourth-order valence-corrected chi connectivity index (χ4v) is 1.01. The van der Waals surface area contributed by atoms with Crippen LogP contribution in [0.5, 0.6) is 0 Å². The van der Waals surface area contributed by atoms with Crippen LogP contribution >= 0.6 is 0 Å². The second kappa shape index (κ2) is 3.53. The van der Waals surface area contributed by atoms with Crippen molar-refractivity contribution < 1.29 is 17.6 Å². The number of nitrogens with zero attached hydrogens (tertiary/aromatic N) is 1. The fourth-order valence-electron chi connectivity index (χ4n) is 1.01. The minimum atomic E-state index is -4.78. The maximum Gasteiger partial charge on any atom is 0.436 e. The normalized spacial score (nSPS) is 14.1. The molecule has 0 spiro atoms. The Bertz CT molecular complexity index is 333. The smallest absolute Gasteiger partial charge is 0.324 e. The lowest BCUT2D eigenvalue weighted by atomic mass is 10.1. The lowest BCUT2D eigenvalue weighted by Gasteiger charge is -2.11. The van der Waals surface area contributed by atoms with E-state index in [1.54, 1.807) is 0 Å². The molecule has 0 bridgehead atoms. The molecule has 1 heterocycles. The van der Waals surface area contributed by atoms with Gasteiger partial charge in [-0.15, -0.1) is 0 Å². The summed E-state index contributed by atoms with van der Waals surface area (Å²) in [5.74, 6) is -1.39. The summed E-state index contributed by atoms with van der Waals surface area (Å²) in [5, 5.41) is 0. The Kier molecular flexibility index (Phi) is 2.75. The Morgan fingerprint density at radius 3 is 2.43 bits per heavy atom. The van der Waals surface area contributed by atoms with Gasteiger partial charge in [0.25, 0.3) is 0 Å². The zero-order valence-corrected chi connectivity index (χ0v) is 7.27. The van der Waals surface area contributed by atoms with Crippen LogP contribution in [0, 0.1) is 5.82 Å². The number of halogens is 4. The Labute approximate surface area is 77.7 Å². The first-order valence-electron chi connectivity index (χ1n) is 3.81. The molecule has 0 aliphatic rings. The highest BCUT2D eigenvalue weighted by atomic mass is 19.4. The van der Waals surface area contributed by atoms with Gasteiger partial charge in [-0.05, 0) is 13.0 Å². The van der Waals surface area contributed by atoms with Crippen LogP contribution in [0.15, 0.2) is 12.3 Å². The molecular formula is C8H8F4N2. The Morgan fingerprint density at radius 2 is 2.00 bits per heavy atom. The van der Waals surface area contributed by atoms with E-state index < -0.39 is 23.7 Å². The van der Waals surface area contributed by atoms with Crippen LogP contribution in [-0.2, 0) is 6.18 Å². The van der Waals surface area contributed by atoms with Gasteiger partial charge in [-0.3, -0.25) is 0 Å². The Balaban J connectivity index is 3.28. The van der Waals surface area contributed by atoms with Gasteiger partial charge >= 0.3 is 6.18 Å². The molecule has 1 atom stereocenters. The van der Waals surface area contributed by atoms with E-state index in [4.69, 9.17) is 5.73 Å². The quantitative estimate of drug-likeness (QED) is 0.719. The van der Waals surface area contributed by atoms with Gasteiger partial charge in [-0.2, -0.15) is 13.2 Å². The highest BCUT2D eigenvalue weighted by Crippen LogP contribution is 2.31. The third-order valence-corrected chi connectivity index (χ3v) is 1.68. The highest BCUT2D eigenvalue weighted by Gasteiger charge is 2.37. The van der Waals surface area contributed by atoms with E-state index in [1.807, 2.05) is 0 Å². The highest BCUT2D eigenvalue weighted by molar-refractivity contribution is 5.23. The zero-order chi connectivity index (χ0) is 10.9. The van der Waals surface area contributed by atoms with Crippen molar-refractivity contribution in [1.29, 1.82) is 0 Å². The van der Waals surface area contributed by atoms with E-state index >= 15 is 0 Å². The number of aromatic nitrogens is 1. The van der Waals surface area contributed by atoms with Crippen LogP contribution in [0.25, 0.3) is 0 Å². The number of hydrogen-bond acceptors (Lipinski definition) is 2. The van der Waals surface area contributed by atoms with Gasteiger partial charge in [0.2, 0.25) is 0 Å². The number of hydrogen-bond donors (Lipinski definition) is 1. The molecule has 0 aliphatic heterocycles. The molecule has 0 radical (unpaired) electrons.